The van der Waals surface area contributed by atoms with Gasteiger partial charge in [0.2, 0.25) is 5.95 Å². The fourth-order valence-corrected chi connectivity index (χ4v) is 5.14. The summed E-state index contributed by atoms with van der Waals surface area (Å²) < 4.78 is 49.6. The van der Waals surface area contributed by atoms with Gasteiger partial charge in [0.25, 0.3) is 0 Å². The molecule has 0 amide bonds. The van der Waals surface area contributed by atoms with E-state index in [1.807, 2.05) is 11.0 Å². The first-order chi connectivity index (χ1) is 16.5. The molecule has 34 heavy (non-hydrogen) atoms. The van der Waals surface area contributed by atoms with Crippen LogP contribution in [0.1, 0.15) is 37.3 Å². The third-order valence-electron chi connectivity index (χ3n) is 6.93. The fraction of sp³-hybridized carbons (Fsp3) is 0.609. The number of alkyl halides is 3. The SMILES string of the molecule is Nc1ncc(-c2cc([C@@H]3CC[C@H](N4CCOCC4)C3)nc(N3CC[C@H](F)C3)n2)cc1OC(F)F. The number of anilines is 2. The molecular weight excluding hydrogens is 449 g/mol. The van der Waals surface area contributed by atoms with Crippen molar-refractivity contribution in [2.24, 2.45) is 0 Å². The summed E-state index contributed by atoms with van der Waals surface area (Å²) in [6, 6.07) is 3.78. The van der Waals surface area contributed by atoms with E-state index in [0.717, 1.165) is 51.3 Å². The number of hydrogen-bond donors (Lipinski definition) is 1. The number of hydrogen-bond acceptors (Lipinski definition) is 8. The molecule has 5 rings (SSSR count). The molecule has 0 bridgehead atoms. The molecule has 2 aromatic rings. The summed E-state index contributed by atoms with van der Waals surface area (Å²) in [5, 5.41) is 0. The zero-order chi connectivity index (χ0) is 23.7. The van der Waals surface area contributed by atoms with Gasteiger partial charge in [-0.15, -0.1) is 0 Å². The second-order valence-electron chi connectivity index (χ2n) is 9.11. The van der Waals surface area contributed by atoms with Gasteiger partial charge >= 0.3 is 6.61 Å². The van der Waals surface area contributed by atoms with Crippen molar-refractivity contribution in [1.82, 2.24) is 19.9 Å². The molecule has 2 aliphatic heterocycles. The number of nitrogen functional groups attached to an aromatic ring is 1. The Bertz CT molecular complexity index is 1010. The number of nitrogens with zero attached hydrogens (tertiary/aromatic N) is 5. The maximum atomic E-state index is 13.9. The summed E-state index contributed by atoms with van der Waals surface area (Å²) >= 11 is 0. The van der Waals surface area contributed by atoms with E-state index in [4.69, 9.17) is 15.5 Å². The number of ether oxygens (including phenoxy) is 2. The van der Waals surface area contributed by atoms with Gasteiger partial charge in [-0.2, -0.15) is 8.78 Å². The van der Waals surface area contributed by atoms with Gasteiger partial charge in [-0.05, 0) is 37.8 Å². The maximum absolute atomic E-state index is 13.9. The Morgan fingerprint density at radius 3 is 2.65 bits per heavy atom. The molecule has 2 saturated heterocycles. The normalized spacial score (nSPS) is 25.9. The van der Waals surface area contributed by atoms with E-state index in [-0.39, 0.29) is 24.0 Å². The lowest BCUT2D eigenvalue weighted by molar-refractivity contribution is -0.0494. The molecule has 1 saturated carbocycles. The van der Waals surface area contributed by atoms with Crippen LogP contribution < -0.4 is 15.4 Å². The van der Waals surface area contributed by atoms with E-state index >= 15 is 0 Å². The number of halogens is 3. The third-order valence-corrected chi connectivity index (χ3v) is 6.93. The average molecular weight is 479 g/mol. The molecule has 3 atom stereocenters. The van der Waals surface area contributed by atoms with E-state index in [0.29, 0.717) is 36.2 Å². The molecule has 8 nitrogen and oxygen atoms in total. The van der Waals surface area contributed by atoms with Gasteiger partial charge in [-0.25, -0.2) is 19.3 Å². The second kappa shape index (κ2) is 9.91. The minimum atomic E-state index is -3.02. The molecule has 3 aliphatic rings. The molecule has 0 aromatic carbocycles. The van der Waals surface area contributed by atoms with Crippen LogP contribution in [0.25, 0.3) is 11.3 Å². The van der Waals surface area contributed by atoms with Crippen LogP contribution in [-0.4, -0.2) is 78.1 Å². The predicted molar refractivity (Wildman–Crippen MR) is 121 cm³/mol. The Morgan fingerprint density at radius 1 is 1.09 bits per heavy atom. The molecule has 11 heteroatoms. The maximum Gasteiger partial charge on any atom is 0.387 e. The Labute approximate surface area is 196 Å². The summed E-state index contributed by atoms with van der Waals surface area (Å²) in [5.41, 5.74) is 7.62. The van der Waals surface area contributed by atoms with E-state index in [2.05, 4.69) is 19.6 Å². The van der Waals surface area contributed by atoms with Crippen LogP contribution in [0.5, 0.6) is 5.75 Å². The topological polar surface area (TPSA) is 89.6 Å². The van der Waals surface area contributed by atoms with E-state index < -0.39 is 12.8 Å². The molecular formula is C23H29F3N6O2. The molecule has 2 aromatic heterocycles. The van der Waals surface area contributed by atoms with Gasteiger partial charge in [0, 0.05) is 49.0 Å². The lowest BCUT2D eigenvalue weighted by atomic mass is 10.0. The van der Waals surface area contributed by atoms with Crippen LogP contribution in [0.4, 0.5) is 24.9 Å². The van der Waals surface area contributed by atoms with Gasteiger partial charge in [-0.1, -0.05) is 0 Å². The van der Waals surface area contributed by atoms with Crippen LogP contribution in [0.3, 0.4) is 0 Å². The van der Waals surface area contributed by atoms with Gasteiger partial charge < -0.3 is 20.1 Å². The lowest BCUT2D eigenvalue weighted by Gasteiger charge is -2.32. The minimum absolute atomic E-state index is 0.123. The number of nitrogens with two attached hydrogens (primary N) is 1. The van der Waals surface area contributed by atoms with Crippen molar-refractivity contribution >= 4 is 11.8 Å². The first kappa shape index (κ1) is 23.1. The smallest absolute Gasteiger partial charge is 0.387 e. The lowest BCUT2D eigenvalue weighted by Crippen LogP contribution is -2.42. The molecule has 0 radical (unpaired) electrons. The zero-order valence-electron chi connectivity index (χ0n) is 18.9. The molecule has 184 valence electrons. The quantitative estimate of drug-likeness (QED) is 0.677. The molecule has 3 fully saturated rings. The fourth-order valence-electron chi connectivity index (χ4n) is 5.14. The van der Waals surface area contributed by atoms with Crippen molar-refractivity contribution in [1.29, 1.82) is 0 Å². The van der Waals surface area contributed by atoms with Crippen LogP contribution in [-0.2, 0) is 4.74 Å². The van der Waals surface area contributed by atoms with Crippen molar-refractivity contribution in [3.05, 3.63) is 24.0 Å². The molecule has 4 heterocycles. The van der Waals surface area contributed by atoms with Crippen LogP contribution in [0.15, 0.2) is 18.3 Å². The Kier molecular flexibility index (Phi) is 6.73. The highest BCUT2D eigenvalue weighted by Crippen LogP contribution is 2.39. The largest absolute Gasteiger partial charge is 0.431 e. The monoisotopic (exact) mass is 478 g/mol. The number of rotatable bonds is 6. The highest BCUT2D eigenvalue weighted by molar-refractivity contribution is 5.65. The van der Waals surface area contributed by atoms with Crippen molar-refractivity contribution in [2.45, 2.75) is 50.4 Å². The highest BCUT2D eigenvalue weighted by atomic mass is 19.3. The van der Waals surface area contributed by atoms with Crippen LogP contribution >= 0.6 is 0 Å². The predicted octanol–water partition coefficient (Wildman–Crippen LogP) is 3.24. The molecule has 0 unspecified atom stereocenters. The molecule has 0 spiro atoms. The van der Waals surface area contributed by atoms with Crippen molar-refractivity contribution < 1.29 is 22.6 Å². The molecule has 2 N–H and O–H groups in total. The Balaban J connectivity index is 1.46. The van der Waals surface area contributed by atoms with Gasteiger partial charge in [0.15, 0.2) is 11.6 Å². The van der Waals surface area contributed by atoms with Crippen LogP contribution in [0.2, 0.25) is 0 Å². The Hall–Kier alpha value is -2.66. The summed E-state index contributed by atoms with van der Waals surface area (Å²) in [7, 11) is 0. The summed E-state index contributed by atoms with van der Waals surface area (Å²) in [4.78, 5) is 17.8. The second-order valence-corrected chi connectivity index (χ2v) is 9.11. The standard InChI is InChI=1S/C23H29F3N6O2/c24-16-3-4-32(13-16)23-29-18(14-1-2-17(9-14)31-5-7-33-8-6-31)11-19(30-23)15-10-20(34-22(25)26)21(27)28-12-15/h10-12,14,16-17,22H,1-9,13H2,(H2,27,28)/t14-,16+,17+/m1/s1. The number of morpholine rings is 1. The Morgan fingerprint density at radius 2 is 1.91 bits per heavy atom. The highest BCUT2D eigenvalue weighted by Gasteiger charge is 2.33. The van der Waals surface area contributed by atoms with Crippen LogP contribution in [0, 0.1) is 0 Å². The molecule has 1 aliphatic carbocycles. The van der Waals surface area contributed by atoms with Crippen molar-refractivity contribution in [2.75, 3.05) is 50.0 Å². The van der Waals surface area contributed by atoms with Gasteiger partial charge in [-0.3, -0.25) is 4.90 Å². The van der Waals surface area contributed by atoms with Crippen molar-refractivity contribution in [3.63, 3.8) is 0 Å². The summed E-state index contributed by atoms with van der Waals surface area (Å²) in [6.45, 7) is 1.15. The minimum Gasteiger partial charge on any atom is -0.431 e. The van der Waals surface area contributed by atoms with E-state index in [9.17, 15) is 13.2 Å². The number of pyridine rings is 1. The third kappa shape index (κ3) is 5.05. The van der Waals surface area contributed by atoms with Crippen molar-refractivity contribution in [3.8, 4) is 17.0 Å². The summed E-state index contributed by atoms with van der Waals surface area (Å²) in [5.74, 6) is 0.362. The van der Waals surface area contributed by atoms with Gasteiger partial charge in [0.05, 0.1) is 25.5 Å². The van der Waals surface area contributed by atoms with Gasteiger partial charge in [0.1, 0.15) is 6.17 Å². The average Bonchev–Trinajstić information content (AvgIpc) is 3.50. The summed E-state index contributed by atoms with van der Waals surface area (Å²) in [6.07, 6.45) is 4.03. The zero-order valence-corrected chi connectivity index (χ0v) is 18.9. The van der Waals surface area contributed by atoms with E-state index in [1.165, 1.54) is 12.3 Å². The van der Waals surface area contributed by atoms with E-state index in [1.54, 1.807) is 0 Å². The first-order valence-electron chi connectivity index (χ1n) is 11.8. The number of aromatic nitrogens is 3. The first-order valence-corrected chi connectivity index (χ1v) is 11.8.